The standard InChI is InChI=1S/C9H12N2/c1-3-5-8-7-10-11-9(8)6-4-2/h3-7H,1-2H3,(H,10,11)/b5-3-,6-4-. The number of hydrogen-bond donors (Lipinski definition) is 1. The monoisotopic (exact) mass is 148 g/mol. The van der Waals surface area contributed by atoms with Gasteiger partial charge in [-0.3, -0.25) is 5.10 Å². The molecule has 0 amide bonds. The fourth-order valence-corrected chi connectivity index (χ4v) is 0.918. The molecule has 0 saturated carbocycles. The number of nitrogens with zero attached hydrogens (tertiary/aromatic N) is 1. The molecule has 1 aromatic heterocycles. The number of aromatic nitrogens is 2. The lowest BCUT2D eigenvalue weighted by Gasteiger charge is -1.87. The minimum absolute atomic E-state index is 1.06. The zero-order chi connectivity index (χ0) is 8.10. The van der Waals surface area contributed by atoms with Gasteiger partial charge in [-0.1, -0.05) is 18.2 Å². The van der Waals surface area contributed by atoms with E-state index in [1.807, 2.05) is 44.3 Å². The van der Waals surface area contributed by atoms with Crippen molar-refractivity contribution in [3.05, 3.63) is 29.6 Å². The van der Waals surface area contributed by atoms with Crippen LogP contribution in [0.15, 0.2) is 18.3 Å². The highest BCUT2D eigenvalue weighted by atomic mass is 15.1. The molecule has 1 N–H and O–H groups in total. The van der Waals surface area contributed by atoms with Gasteiger partial charge in [0.1, 0.15) is 0 Å². The summed E-state index contributed by atoms with van der Waals surface area (Å²) in [5.74, 6) is 0. The summed E-state index contributed by atoms with van der Waals surface area (Å²) >= 11 is 0. The van der Waals surface area contributed by atoms with Crippen LogP contribution >= 0.6 is 0 Å². The van der Waals surface area contributed by atoms with E-state index < -0.39 is 0 Å². The van der Waals surface area contributed by atoms with Gasteiger partial charge in [0.2, 0.25) is 0 Å². The van der Waals surface area contributed by atoms with Crippen LogP contribution in [0.25, 0.3) is 12.2 Å². The predicted octanol–water partition coefficient (Wildman–Crippen LogP) is 2.48. The fourth-order valence-electron chi connectivity index (χ4n) is 0.918. The molecule has 2 nitrogen and oxygen atoms in total. The van der Waals surface area contributed by atoms with E-state index in [-0.39, 0.29) is 0 Å². The van der Waals surface area contributed by atoms with E-state index >= 15 is 0 Å². The number of allylic oxidation sites excluding steroid dienone is 2. The maximum absolute atomic E-state index is 3.93. The summed E-state index contributed by atoms with van der Waals surface area (Å²) < 4.78 is 0. The van der Waals surface area contributed by atoms with Crippen LogP contribution in [-0.2, 0) is 0 Å². The van der Waals surface area contributed by atoms with Crippen LogP contribution in [0.4, 0.5) is 0 Å². The molecular formula is C9H12N2. The van der Waals surface area contributed by atoms with Crippen LogP contribution in [0.3, 0.4) is 0 Å². The number of hydrogen-bond acceptors (Lipinski definition) is 1. The molecule has 0 aliphatic rings. The lowest BCUT2D eigenvalue weighted by molar-refractivity contribution is 1.08. The Kier molecular flexibility index (Phi) is 2.66. The number of rotatable bonds is 2. The van der Waals surface area contributed by atoms with Crippen LogP contribution in [-0.4, -0.2) is 10.2 Å². The molecule has 0 radical (unpaired) electrons. The second-order valence-electron chi connectivity index (χ2n) is 2.24. The molecule has 58 valence electrons. The molecule has 0 saturated heterocycles. The summed E-state index contributed by atoms with van der Waals surface area (Å²) in [6, 6.07) is 0. The lowest BCUT2D eigenvalue weighted by Crippen LogP contribution is -1.74. The van der Waals surface area contributed by atoms with Crippen LogP contribution in [0.1, 0.15) is 25.1 Å². The summed E-state index contributed by atoms with van der Waals surface area (Å²) in [6.45, 7) is 3.98. The molecule has 0 aliphatic carbocycles. The predicted molar refractivity (Wildman–Crippen MR) is 48.0 cm³/mol. The molecule has 0 bridgehead atoms. The van der Waals surface area contributed by atoms with E-state index in [1.54, 1.807) is 0 Å². The van der Waals surface area contributed by atoms with Crippen LogP contribution in [0, 0.1) is 0 Å². The Morgan fingerprint density at radius 1 is 1.27 bits per heavy atom. The zero-order valence-corrected chi connectivity index (χ0v) is 6.83. The third kappa shape index (κ3) is 1.80. The third-order valence-corrected chi connectivity index (χ3v) is 1.38. The van der Waals surface area contributed by atoms with Crippen molar-refractivity contribution in [1.29, 1.82) is 0 Å². The van der Waals surface area contributed by atoms with E-state index in [4.69, 9.17) is 0 Å². The summed E-state index contributed by atoms with van der Waals surface area (Å²) in [7, 11) is 0. The summed E-state index contributed by atoms with van der Waals surface area (Å²) in [4.78, 5) is 0. The normalized spacial score (nSPS) is 11.8. The molecule has 0 aliphatic heterocycles. The average molecular weight is 148 g/mol. The van der Waals surface area contributed by atoms with Crippen molar-refractivity contribution in [1.82, 2.24) is 10.2 Å². The first-order valence-electron chi connectivity index (χ1n) is 3.67. The van der Waals surface area contributed by atoms with Gasteiger partial charge < -0.3 is 0 Å². The number of aromatic amines is 1. The van der Waals surface area contributed by atoms with Gasteiger partial charge in [-0.05, 0) is 19.9 Å². The van der Waals surface area contributed by atoms with Gasteiger partial charge in [-0.2, -0.15) is 5.10 Å². The summed E-state index contributed by atoms with van der Waals surface area (Å²) in [6.07, 6.45) is 9.83. The highest BCUT2D eigenvalue weighted by Gasteiger charge is 1.94. The van der Waals surface area contributed by atoms with Gasteiger partial charge >= 0.3 is 0 Å². The SMILES string of the molecule is C/C=C\c1cn[nH]c1/C=C\C. The van der Waals surface area contributed by atoms with E-state index in [0.717, 1.165) is 11.3 Å². The molecule has 0 spiro atoms. The second kappa shape index (κ2) is 3.76. The van der Waals surface area contributed by atoms with E-state index in [9.17, 15) is 0 Å². The molecule has 1 aromatic rings. The van der Waals surface area contributed by atoms with Crippen LogP contribution < -0.4 is 0 Å². The van der Waals surface area contributed by atoms with E-state index in [0.29, 0.717) is 0 Å². The molecular weight excluding hydrogens is 136 g/mol. The molecule has 1 rings (SSSR count). The molecule has 0 fully saturated rings. The number of nitrogens with one attached hydrogen (secondary N) is 1. The average Bonchev–Trinajstić information content (AvgIpc) is 2.39. The lowest BCUT2D eigenvalue weighted by atomic mass is 10.2. The Morgan fingerprint density at radius 3 is 2.64 bits per heavy atom. The number of H-pyrrole nitrogens is 1. The summed E-state index contributed by atoms with van der Waals surface area (Å²) in [5, 5.41) is 6.84. The first-order valence-corrected chi connectivity index (χ1v) is 3.67. The highest BCUT2D eigenvalue weighted by molar-refractivity contribution is 5.61. The van der Waals surface area contributed by atoms with Gasteiger partial charge in [0.15, 0.2) is 0 Å². The molecule has 0 atom stereocenters. The maximum atomic E-state index is 3.93. The molecule has 1 heterocycles. The van der Waals surface area contributed by atoms with E-state index in [1.165, 1.54) is 0 Å². The fraction of sp³-hybridized carbons (Fsp3) is 0.222. The largest absolute Gasteiger partial charge is 0.278 e. The van der Waals surface area contributed by atoms with Gasteiger partial charge in [-0.25, -0.2) is 0 Å². The topological polar surface area (TPSA) is 28.7 Å². The zero-order valence-electron chi connectivity index (χ0n) is 6.83. The maximum Gasteiger partial charge on any atom is 0.0646 e. The van der Waals surface area contributed by atoms with Crippen LogP contribution in [0.2, 0.25) is 0 Å². The molecule has 0 unspecified atom stereocenters. The van der Waals surface area contributed by atoms with Gasteiger partial charge in [0.25, 0.3) is 0 Å². The molecule has 0 aromatic carbocycles. The van der Waals surface area contributed by atoms with Gasteiger partial charge in [-0.15, -0.1) is 0 Å². The Morgan fingerprint density at radius 2 is 2.00 bits per heavy atom. The van der Waals surface area contributed by atoms with Crippen molar-refractivity contribution in [2.45, 2.75) is 13.8 Å². The van der Waals surface area contributed by atoms with Crippen LogP contribution in [0.5, 0.6) is 0 Å². The van der Waals surface area contributed by atoms with Crippen molar-refractivity contribution in [2.75, 3.05) is 0 Å². The smallest absolute Gasteiger partial charge is 0.0646 e. The molecule has 2 heteroatoms. The van der Waals surface area contributed by atoms with Crippen molar-refractivity contribution in [3.63, 3.8) is 0 Å². The first-order chi connectivity index (χ1) is 5.38. The quantitative estimate of drug-likeness (QED) is 0.685. The van der Waals surface area contributed by atoms with Crippen molar-refractivity contribution < 1.29 is 0 Å². The Bertz CT molecular complexity index is 242. The van der Waals surface area contributed by atoms with Gasteiger partial charge in [0, 0.05) is 5.56 Å². The van der Waals surface area contributed by atoms with Crippen molar-refractivity contribution in [2.24, 2.45) is 0 Å². The molecule has 11 heavy (non-hydrogen) atoms. The Balaban J connectivity index is 2.95. The Hall–Kier alpha value is -1.31. The highest BCUT2D eigenvalue weighted by Crippen LogP contribution is 2.08. The first kappa shape index (κ1) is 7.79. The van der Waals surface area contributed by atoms with Crippen molar-refractivity contribution >= 4 is 12.2 Å². The van der Waals surface area contributed by atoms with Gasteiger partial charge in [0.05, 0.1) is 11.9 Å². The summed E-state index contributed by atoms with van der Waals surface area (Å²) in [5.41, 5.74) is 2.19. The Labute approximate surface area is 66.6 Å². The second-order valence-corrected chi connectivity index (χ2v) is 2.24. The van der Waals surface area contributed by atoms with Crippen molar-refractivity contribution in [3.8, 4) is 0 Å². The minimum Gasteiger partial charge on any atom is -0.278 e. The van der Waals surface area contributed by atoms with E-state index in [2.05, 4.69) is 10.2 Å². The third-order valence-electron chi connectivity index (χ3n) is 1.38. The minimum atomic E-state index is 1.06.